The van der Waals surface area contributed by atoms with Crippen LogP contribution in [0, 0.1) is 22.7 Å². The molecule has 0 fully saturated rings. The van der Waals surface area contributed by atoms with E-state index in [9.17, 15) is 19.2 Å². The zero-order valence-corrected chi connectivity index (χ0v) is 20.8. The van der Waals surface area contributed by atoms with Gasteiger partial charge in [-0.3, -0.25) is 19.2 Å². The van der Waals surface area contributed by atoms with Crippen molar-refractivity contribution in [2.75, 3.05) is 13.2 Å². The predicted octanol–water partition coefficient (Wildman–Crippen LogP) is 5.16. The third kappa shape index (κ3) is 7.94. The van der Waals surface area contributed by atoms with Crippen LogP contribution in [-0.4, -0.2) is 36.7 Å². The van der Waals surface area contributed by atoms with E-state index in [-0.39, 0.29) is 35.2 Å². The van der Waals surface area contributed by atoms with Gasteiger partial charge in [-0.2, -0.15) is 0 Å². The van der Waals surface area contributed by atoms with Gasteiger partial charge >= 0.3 is 11.9 Å². The second-order valence-electron chi connectivity index (χ2n) is 10.8. The summed E-state index contributed by atoms with van der Waals surface area (Å²) in [6, 6.07) is 16.2. The van der Waals surface area contributed by atoms with E-state index in [4.69, 9.17) is 9.47 Å². The molecule has 34 heavy (non-hydrogen) atoms. The van der Waals surface area contributed by atoms with Crippen molar-refractivity contribution in [3.63, 3.8) is 0 Å². The number of esters is 2. The fourth-order valence-corrected chi connectivity index (χ4v) is 3.11. The van der Waals surface area contributed by atoms with E-state index in [0.717, 1.165) is 0 Å². The monoisotopic (exact) mass is 466 g/mol. The standard InChI is InChI=1S/C28H34O6/c1-27(2,3)17-33-25(31)21(23(29)19-13-9-7-10-14-19)22(26(32)34-18-28(4,5)6)24(30)20-15-11-8-12-16-20/h7-16,21-22H,17-18H2,1-6H3. The Kier molecular flexibility index (Phi) is 8.91. The van der Waals surface area contributed by atoms with Gasteiger partial charge in [0.1, 0.15) is 11.8 Å². The van der Waals surface area contributed by atoms with Crippen LogP contribution in [0.1, 0.15) is 62.3 Å². The average Bonchev–Trinajstić information content (AvgIpc) is 2.78. The summed E-state index contributed by atoms with van der Waals surface area (Å²) >= 11 is 0. The number of hydrogen-bond acceptors (Lipinski definition) is 6. The van der Waals surface area contributed by atoms with Crippen LogP contribution in [0.5, 0.6) is 0 Å². The molecule has 0 bridgehead atoms. The molecule has 2 unspecified atom stereocenters. The largest absolute Gasteiger partial charge is 0.465 e. The maximum Gasteiger partial charge on any atom is 0.318 e. The molecule has 2 rings (SSSR count). The van der Waals surface area contributed by atoms with E-state index in [1.54, 1.807) is 36.4 Å². The molecule has 0 aliphatic carbocycles. The minimum atomic E-state index is -1.68. The summed E-state index contributed by atoms with van der Waals surface area (Å²) in [6.07, 6.45) is 0. The first-order valence-electron chi connectivity index (χ1n) is 11.3. The Morgan fingerprint density at radius 2 is 0.882 bits per heavy atom. The Morgan fingerprint density at radius 1 is 0.588 bits per heavy atom. The molecule has 0 N–H and O–H groups in total. The van der Waals surface area contributed by atoms with Crippen LogP contribution in [0.25, 0.3) is 0 Å². The number of carbonyl (C=O) groups excluding carboxylic acids is 4. The fourth-order valence-electron chi connectivity index (χ4n) is 3.11. The number of ether oxygens (including phenoxy) is 2. The fraction of sp³-hybridized carbons (Fsp3) is 0.429. The summed E-state index contributed by atoms with van der Waals surface area (Å²) in [7, 11) is 0. The Hall–Kier alpha value is -3.28. The Balaban J connectivity index is 2.55. The van der Waals surface area contributed by atoms with Gasteiger partial charge in [0.25, 0.3) is 0 Å². The molecular formula is C28H34O6. The van der Waals surface area contributed by atoms with Crippen LogP contribution in [-0.2, 0) is 19.1 Å². The molecule has 0 aromatic heterocycles. The minimum Gasteiger partial charge on any atom is -0.465 e. The molecular weight excluding hydrogens is 432 g/mol. The summed E-state index contributed by atoms with van der Waals surface area (Å²) in [5, 5.41) is 0. The van der Waals surface area contributed by atoms with Crippen LogP contribution in [0.15, 0.2) is 60.7 Å². The van der Waals surface area contributed by atoms with Gasteiger partial charge in [-0.25, -0.2) is 0 Å². The number of hydrogen-bond donors (Lipinski definition) is 0. The highest BCUT2D eigenvalue weighted by Crippen LogP contribution is 2.27. The van der Waals surface area contributed by atoms with Gasteiger partial charge in [-0.1, -0.05) is 102 Å². The molecule has 0 aliphatic heterocycles. The molecule has 2 atom stereocenters. The molecule has 0 spiro atoms. The van der Waals surface area contributed by atoms with E-state index in [1.807, 2.05) is 41.5 Å². The Morgan fingerprint density at radius 3 is 1.15 bits per heavy atom. The summed E-state index contributed by atoms with van der Waals surface area (Å²) < 4.78 is 10.9. The number of Topliss-reactive ketones (excluding diaryl/α,β-unsaturated/α-hetero) is 2. The lowest BCUT2D eigenvalue weighted by Crippen LogP contribution is -2.43. The zero-order chi connectivity index (χ0) is 25.5. The highest BCUT2D eigenvalue weighted by molar-refractivity contribution is 6.19. The molecule has 2 aromatic rings. The van der Waals surface area contributed by atoms with E-state index < -0.39 is 35.3 Å². The number of benzene rings is 2. The van der Waals surface area contributed by atoms with Gasteiger partial charge in [0, 0.05) is 11.1 Å². The highest BCUT2D eigenvalue weighted by atomic mass is 16.5. The lowest BCUT2D eigenvalue weighted by molar-refractivity contribution is -0.159. The van der Waals surface area contributed by atoms with Crippen LogP contribution in [0.4, 0.5) is 0 Å². The molecule has 2 aromatic carbocycles. The maximum absolute atomic E-state index is 13.5. The van der Waals surface area contributed by atoms with Crippen molar-refractivity contribution < 1.29 is 28.7 Å². The second kappa shape index (κ2) is 11.2. The quantitative estimate of drug-likeness (QED) is 0.288. The van der Waals surface area contributed by atoms with Crippen molar-refractivity contribution >= 4 is 23.5 Å². The molecule has 182 valence electrons. The summed E-state index contributed by atoms with van der Waals surface area (Å²) in [5.74, 6) is -6.53. The Labute approximate surface area is 201 Å². The van der Waals surface area contributed by atoms with Crippen molar-refractivity contribution in [3.8, 4) is 0 Å². The second-order valence-corrected chi connectivity index (χ2v) is 10.8. The molecule has 0 saturated carbocycles. The van der Waals surface area contributed by atoms with Crippen molar-refractivity contribution in [2.45, 2.75) is 41.5 Å². The first kappa shape index (κ1) is 27.0. The van der Waals surface area contributed by atoms with Crippen LogP contribution in [0.2, 0.25) is 0 Å². The van der Waals surface area contributed by atoms with Gasteiger partial charge < -0.3 is 9.47 Å². The molecule has 6 heteroatoms. The molecule has 0 radical (unpaired) electrons. The van der Waals surface area contributed by atoms with Gasteiger partial charge in [0.15, 0.2) is 11.6 Å². The first-order chi connectivity index (χ1) is 15.8. The van der Waals surface area contributed by atoms with Crippen molar-refractivity contribution in [1.29, 1.82) is 0 Å². The third-order valence-corrected chi connectivity index (χ3v) is 4.82. The zero-order valence-electron chi connectivity index (χ0n) is 20.8. The maximum atomic E-state index is 13.5. The van der Waals surface area contributed by atoms with Gasteiger partial charge in [0.2, 0.25) is 0 Å². The number of ketones is 2. The summed E-state index contributed by atoms with van der Waals surface area (Å²) in [4.78, 5) is 53.6. The lowest BCUT2D eigenvalue weighted by atomic mass is 9.80. The molecule has 0 heterocycles. The van der Waals surface area contributed by atoms with Crippen LogP contribution >= 0.6 is 0 Å². The van der Waals surface area contributed by atoms with E-state index >= 15 is 0 Å². The van der Waals surface area contributed by atoms with Crippen molar-refractivity contribution in [1.82, 2.24) is 0 Å². The number of carbonyl (C=O) groups is 4. The minimum absolute atomic E-state index is 0.0215. The average molecular weight is 467 g/mol. The molecule has 0 amide bonds. The highest BCUT2D eigenvalue weighted by Gasteiger charge is 2.46. The van der Waals surface area contributed by atoms with Crippen LogP contribution in [0.3, 0.4) is 0 Å². The van der Waals surface area contributed by atoms with Crippen molar-refractivity contribution in [3.05, 3.63) is 71.8 Å². The topological polar surface area (TPSA) is 86.7 Å². The van der Waals surface area contributed by atoms with Crippen LogP contribution < -0.4 is 0 Å². The van der Waals surface area contributed by atoms with E-state index in [0.29, 0.717) is 0 Å². The Bertz CT molecular complexity index is 913. The molecule has 6 nitrogen and oxygen atoms in total. The third-order valence-electron chi connectivity index (χ3n) is 4.82. The van der Waals surface area contributed by atoms with E-state index in [2.05, 4.69) is 0 Å². The smallest absolute Gasteiger partial charge is 0.318 e. The normalized spacial score (nSPS) is 13.5. The number of rotatable bonds is 9. The predicted molar refractivity (Wildman–Crippen MR) is 129 cm³/mol. The van der Waals surface area contributed by atoms with E-state index in [1.165, 1.54) is 24.3 Å². The van der Waals surface area contributed by atoms with Gasteiger partial charge in [0.05, 0.1) is 13.2 Å². The van der Waals surface area contributed by atoms with Gasteiger partial charge in [-0.15, -0.1) is 0 Å². The van der Waals surface area contributed by atoms with Gasteiger partial charge in [-0.05, 0) is 10.8 Å². The molecule has 0 aliphatic rings. The first-order valence-corrected chi connectivity index (χ1v) is 11.3. The summed E-state index contributed by atoms with van der Waals surface area (Å²) in [6.45, 7) is 11.3. The molecule has 0 saturated heterocycles. The SMILES string of the molecule is CC(C)(C)COC(=O)C(C(=O)c1ccccc1)C(C(=O)OCC(C)(C)C)C(=O)c1ccccc1. The summed E-state index contributed by atoms with van der Waals surface area (Å²) in [5.41, 5.74) is -0.340. The van der Waals surface area contributed by atoms with Crippen molar-refractivity contribution in [2.24, 2.45) is 22.7 Å². The lowest BCUT2D eigenvalue weighted by Gasteiger charge is -2.26.